The Hall–Kier alpha value is -0.860. The van der Waals surface area contributed by atoms with Crippen molar-refractivity contribution in [3.05, 3.63) is 42.3 Å². The average Bonchev–Trinajstić information content (AvgIpc) is 2.96. The van der Waals surface area contributed by atoms with E-state index in [2.05, 4.69) is 48.6 Å². The van der Waals surface area contributed by atoms with Gasteiger partial charge in [-0.3, -0.25) is 4.90 Å². The van der Waals surface area contributed by atoms with Gasteiger partial charge >= 0.3 is 0 Å². The number of ether oxygens (including phenoxy) is 1. The highest BCUT2D eigenvalue weighted by atomic mass is 16.5. The van der Waals surface area contributed by atoms with E-state index in [1.807, 2.05) is 0 Å². The largest absolute Gasteiger partial charge is 0.381 e. The van der Waals surface area contributed by atoms with Crippen LogP contribution in [0.5, 0.6) is 0 Å². The molecule has 0 N–H and O–H groups in total. The number of likely N-dealkylation sites (tertiary alicyclic amines) is 1. The van der Waals surface area contributed by atoms with Gasteiger partial charge in [0.2, 0.25) is 0 Å². The van der Waals surface area contributed by atoms with E-state index in [-0.39, 0.29) is 0 Å². The Balaban J connectivity index is 1.62. The van der Waals surface area contributed by atoms with Gasteiger partial charge in [-0.1, -0.05) is 37.3 Å². The van der Waals surface area contributed by atoms with Gasteiger partial charge < -0.3 is 4.74 Å². The maximum atomic E-state index is 5.51. The molecule has 2 saturated heterocycles. The van der Waals surface area contributed by atoms with E-state index < -0.39 is 0 Å². The summed E-state index contributed by atoms with van der Waals surface area (Å²) >= 11 is 0. The van der Waals surface area contributed by atoms with Crippen LogP contribution in [-0.4, -0.2) is 30.7 Å². The molecule has 2 aliphatic heterocycles. The van der Waals surface area contributed by atoms with Gasteiger partial charge in [0.15, 0.2) is 0 Å². The molecule has 2 aliphatic rings. The number of rotatable bonds is 4. The highest BCUT2D eigenvalue weighted by molar-refractivity contribution is 5.15. The fourth-order valence-electron chi connectivity index (χ4n) is 3.78. The molecular formula is C18H26NO. The monoisotopic (exact) mass is 272 g/mol. The van der Waals surface area contributed by atoms with Crippen molar-refractivity contribution in [1.29, 1.82) is 0 Å². The van der Waals surface area contributed by atoms with Crippen LogP contribution >= 0.6 is 0 Å². The molecule has 2 nitrogen and oxygen atoms in total. The Bertz CT molecular complexity index is 399. The normalized spacial score (nSPS) is 26.8. The third-order valence-electron chi connectivity index (χ3n) is 5.02. The molecular weight excluding hydrogens is 246 g/mol. The van der Waals surface area contributed by atoms with Crippen LogP contribution < -0.4 is 0 Å². The number of benzene rings is 1. The van der Waals surface area contributed by atoms with Gasteiger partial charge in [-0.2, -0.15) is 0 Å². The molecule has 1 aromatic carbocycles. The maximum absolute atomic E-state index is 5.51. The molecule has 2 heterocycles. The quantitative estimate of drug-likeness (QED) is 0.831. The van der Waals surface area contributed by atoms with E-state index in [4.69, 9.17) is 4.74 Å². The van der Waals surface area contributed by atoms with E-state index in [1.54, 1.807) is 0 Å². The molecule has 2 heteroatoms. The van der Waals surface area contributed by atoms with E-state index in [9.17, 15) is 0 Å². The van der Waals surface area contributed by atoms with Crippen LogP contribution in [0.15, 0.2) is 30.3 Å². The molecule has 1 aromatic rings. The second kappa shape index (κ2) is 6.73. The molecule has 1 radical (unpaired) electrons. The minimum absolute atomic E-state index is 0.651. The summed E-state index contributed by atoms with van der Waals surface area (Å²) in [6.45, 7) is 6.67. The van der Waals surface area contributed by atoms with Gasteiger partial charge in [0, 0.05) is 25.8 Å². The smallest absolute Gasteiger partial charge is 0.0468 e. The molecule has 0 spiro atoms. The van der Waals surface area contributed by atoms with Gasteiger partial charge in [-0.05, 0) is 49.6 Å². The first-order valence-electron chi connectivity index (χ1n) is 8.03. The van der Waals surface area contributed by atoms with E-state index >= 15 is 0 Å². The predicted octanol–water partition coefficient (Wildman–Crippen LogP) is 3.53. The molecule has 3 rings (SSSR count). The average molecular weight is 272 g/mol. The van der Waals surface area contributed by atoms with Crippen molar-refractivity contribution in [1.82, 2.24) is 4.90 Å². The molecule has 20 heavy (non-hydrogen) atoms. The highest BCUT2D eigenvalue weighted by Crippen LogP contribution is 2.33. The minimum Gasteiger partial charge on any atom is -0.381 e. The second-order valence-electron chi connectivity index (χ2n) is 6.28. The lowest BCUT2D eigenvalue weighted by Crippen LogP contribution is -2.39. The first-order chi connectivity index (χ1) is 9.84. The van der Waals surface area contributed by atoms with Crippen molar-refractivity contribution in [2.45, 2.75) is 38.8 Å². The first kappa shape index (κ1) is 14.1. The number of nitrogens with zero attached hydrogens (tertiary/aromatic N) is 1. The molecule has 2 atom stereocenters. The molecule has 0 bridgehead atoms. The van der Waals surface area contributed by atoms with Crippen LogP contribution in [0.25, 0.3) is 0 Å². The Labute approximate surface area is 123 Å². The third-order valence-corrected chi connectivity index (χ3v) is 5.02. The fraction of sp³-hybridized carbons (Fsp3) is 0.611. The van der Waals surface area contributed by atoms with Gasteiger partial charge in [-0.15, -0.1) is 0 Å². The van der Waals surface area contributed by atoms with Gasteiger partial charge in [0.05, 0.1) is 0 Å². The second-order valence-corrected chi connectivity index (χ2v) is 6.28. The van der Waals surface area contributed by atoms with Crippen molar-refractivity contribution in [3.8, 4) is 0 Å². The SMILES string of the molecule is CC(C1CCOCC1)C1[CH]CCN1Cc1ccccc1. The lowest BCUT2D eigenvalue weighted by atomic mass is 9.81. The lowest BCUT2D eigenvalue weighted by Gasteiger charge is -2.36. The van der Waals surface area contributed by atoms with Crippen LogP contribution in [0.3, 0.4) is 0 Å². The summed E-state index contributed by atoms with van der Waals surface area (Å²) < 4.78 is 5.51. The van der Waals surface area contributed by atoms with Crippen LogP contribution in [0.4, 0.5) is 0 Å². The summed E-state index contributed by atoms with van der Waals surface area (Å²) in [4.78, 5) is 2.66. The van der Waals surface area contributed by atoms with E-state index in [0.29, 0.717) is 6.04 Å². The zero-order chi connectivity index (χ0) is 13.8. The Morgan fingerprint density at radius 3 is 2.70 bits per heavy atom. The third kappa shape index (κ3) is 3.24. The Kier molecular flexibility index (Phi) is 4.74. The van der Waals surface area contributed by atoms with Crippen LogP contribution in [0, 0.1) is 18.3 Å². The maximum Gasteiger partial charge on any atom is 0.0468 e. The molecule has 0 aromatic heterocycles. The summed E-state index contributed by atoms with van der Waals surface area (Å²) in [6.07, 6.45) is 6.27. The summed E-state index contributed by atoms with van der Waals surface area (Å²) in [6, 6.07) is 11.5. The van der Waals surface area contributed by atoms with E-state index in [0.717, 1.165) is 31.6 Å². The molecule has 0 aliphatic carbocycles. The summed E-state index contributed by atoms with van der Waals surface area (Å²) in [5.74, 6) is 1.59. The summed E-state index contributed by atoms with van der Waals surface area (Å²) in [7, 11) is 0. The Morgan fingerprint density at radius 1 is 1.20 bits per heavy atom. The zero-order valence-corrected chi connectivity index (χ0v) is 12.5. The van der Waals surface area contributed by atoms with Crippen molar-refractivity contribution in [2.75, 3.05) is 19.8 Å². The Morgan fingerprint density at radius 2 is 1.95 bits per heavy atom. The fourth-order valence-corrected chi connectivity index (χ4v) is 3.78. The van der Waals surface area contributed by atoms with Gasteiger partial charge in [0.1, 0.15) is 0 Å². The summed E-state index contributed by atoms with van der Waals surface area (Å²) in [5.41, 5.74) is 1.44. The minimum atomic E-state index is 0.651. The van der Waals surface area contributed by atoms with Crippen LogP contribution in [0.1, 0.15) is 31.7 Å². The predicted molar refractivity (Wildman–Crippen MR) is 82.3 cm³/mol. The van der Waals surface area contributed by atoms with Crippen LogP contribution in [0.2, 0.25) is 0 Å². The lowest BCUT2D eigenvalue weighted by molar-refractivity contribution is 0.0342. The highest BCUT2D eigenvalue weighted by Gasteiger charge is 2.34. The zero-order valence-electron chi connectivity index (χ0n) is 12.5. The number of hydrogen-bond acceptors (Lipinski definition) is 2. The molecule has 2 fully saturated rings. The van der Waals surface area contributed by atoms with Crippen molar-refractivity contribution < 1.29 is 4.74 Å². The van der Waals surface area contributed by atoms with Gasteiger partial charge in [0.25, 0.3) is 0 Å². The van der Waals surface area contributed by atoms with Crippen molar-refractivity contribution in [2.24, 2.45) is 11.8 Å². The number of hydrogen-bond donors (Lipinski definition) is 0. The molecule has 0 saturated carbocycles. The van der Waals surface area contributed by atoms with Crippen molar-refractivity contribution in [3.63, 3.8) is 0 Å². The molecule has 2 unspecified atom stereocenters. The molecule has 0 amide bonds. The summed E-state index contributed by atoms with van der Waals surface area (Å²) in [5, 5.41) is 0. The first-order valence-corrected chi connectivity index (χ1v) is 8.03. The van der Waals surface area contributed by atoms with Crippen molar-refractivity contribution >= 4 is 0 Å². The van der Waals surface area contributed by atoms with E-state index in [1.165, 1.54) is 31.4 Å². The standard InChI is InChI=1S/C18H26NO/c1-15(17-9-12-20-13-10-17)18-8-5-11-19(18)14-16-6-3-2-4-7-16/h2-4,6-8,15,17-18H,5,9-14H2,1H3. The van der Waals surface area contributed by atoms with Gasteiger partial charge in [-0.25, -0.2) is 0 Å². The topological polar surface area (TPSA) is 12.5 Å². The van der Waals surface area contributed by atoms with Crippen LogP contribution in [-0.2, 0) is 11.3 Å². The molecule has 109 valence electrons.